The van der Waals surface area contributed by atoms with Gasteiger partial charge in [-0.05, 0) is 31.7 Å². The summed E-state index contributed by atoms with van der Waals surface area (Å²) in [6.07, 6.45) is 1.20. The Bertz CT molecular complexity index is 445. The predicted octanol–water partition coefficient (Wildman–Crippen LogP) is 3.76. The average molecular weight is 401 g/mol. The second kappa shape index (κ2) is 8.61. The zero-order valence-corrected chi connectivity index (χ0v) is 15.8. The molecule has 0 radical (unpaired) electrons. The summed E-state index contributed by atoms with van der Waals surface area (Å²) in [5, 5.41) is 7.06. The molecule has 3 nitrogen and oxygen atoms in total. The van der Waals surface area contributed by atoms with Gasteiger partial charge in [0.1, 0.15) is 0 Å². The van der Waals surface area contributed by atoms with E-state index in [9.17, 15) is 0 Å². The van der Waals surface area contributed by atoms with E-state index in [1.807, 2.05) is 0 Å². The molecular weight excluding hydrogens is 373 g/mol. The van der Waals surface area contributed by atoms with Crippen LogP contribution in [0.15, 0.2) is 35.3 Å². The Kier molecular flexibility index (Phi) is 7.49. The minimum absolute atomic E-state index is 0. The lowest BCUT2D eigenvalue weighted by molar-refractivity contribution is 0.480. The van der Waals surface area contributed by atoms with Gasteiger partial charge in [0.2, 0.25) is 0 Å². The molecule has 3 atom stereocenters. The second-order valence-corrected chi connectivity index (χ2v) is 6.00. The lowest BCUT2D eigenvalue weighted by Crippen LogP contribution is -2.45. The molecule has 0 aromatic heterocycles. The van der Waals surface area contributed by atoms with Gasteiger partial charge in [-0.15, -0.1) is 24.0 Å². The van der Waals surface area contributed by atoms with Crippen LogP contribution in [0.3, 0.4) is 0 Å². The van der Waals surface area contributed by atoms with Gasteiger partial charge in [-0.3, -0.25) is 4.99 Å². The third-order valence-electron chi connectivity index (χ3n) is 4.02. The highest BCUT2D eigenvalue weighted by atomic mass is 127. The van der Waals surface area contributed by atoms with Gasteiger partial charge in [-0.25, -0.2) is 0 Å². The van der Waals surface area contributed by atoms with E-state index in [0.717, 1.165) is 12.5 Å². The zero-order chi connectivity index (χ0) is 14.5. The number of aliphatic imine (C=N–C) groups is 1. The monoisotopic (exact) mass is 401 g/mol. The quantitative estimate of drug-likeness (QED) is 0.448. The average Bonchev–Trinajstić information content (AvgIpc) is 3.19. The molecule has 21 heavy (non-hydrogen) atoms. The fourth-order valence-corrected chi connectivity index (χ4v) is 2.27. The summed E-state index contributed by atoms with van der Waals surface area (Å²) in [7, 11) is 0. The summed E-state index contributed by atoms with van der Waals surface area (Å²) in [4.78, 5) is 4.55. The van der Waals surface area contributed by atoms with Crippen molar-refractivity contribution in [2.75, 3.05) is 6.54 Å². The minimum atomic E-state index is 0. The van der Waals surface area contributed by atoms with E-state index in [0.29, 0.717) is 23.9 Å². The molecule has 0 amide bonds. The van der Waals surface area contributed by atoms with Crippen LogP contribution in [0.4, 0.5) is 0 Å². The van der Waals surface area contributed by atoms with Crippen LogP contribution in [0.1, 0.15) is 45.6 Å². The number of nitrogens with one attached hydrogen (secondary N) is 2. The topological polar surface area (TPSA) is 36.4 Å². The van der Waals surface area contributed by atoms with Crippen LogP contribution < -0.4 is 10.6 Å². The third kappa shape index (κ3) is 5.49. The van der Waals surface area contributed by atoms with E-state index in [4.69, 9.17) is 0 Å². The van der Waals surface area contributed by atoms with Gasteiger partial charge >= 0.3 is 0 Å². The molecule has 0 aliphatic heterocycles. The zero-order valence-electron chi connectivity index (χ0n) is 13.5. The van der Waals surface area contributed by atoms with Gasteiger partial charge in [0, 0.05) is 24.5 Å². The third-order valence-corrected chi connectivity index (χ3v) is 4.02. The Morgan fingerprint density at radius 1 is 1.24 bits per heavy atom. The van der Waals surface area contributed by atoms with Gasteiger partial charge in [0.15, 0.2) is 5.96 Å². The van der Waals surface area contributed by atoms with E-state index in [1.54, 1.807) is 0 Å². The van der Waals surface area contributed by atoms with E-state index in [-0.39, 0.29) is 24.0 Å². The number of halogens is 1. The number of hydrogen-bond donors (Lipinski definition) is 2. The van der Waals surface area contributed by atoms with E-state index in [2.05, 4.69) is 73.7 Å². The van der Waals surface area contributed by atoms with Crippen LogP contribution in [-0.2, 0) is 0 Å². The number of nitrogens with zero attached hydrogens (tertiary/aromatic N) is 1. The number of benzene rings is 1. The molecule has 1 saturated carbocycles. The van der Waals surface area contributed by atoms with E-state index < -0.39 is 0 Å². The smallest absolute Gasteiger partial charge is 0.191 e. The Morgan fingerprint density at radius 3 is 2.48 bits per heavy atom. The van der Waals surface area contributed by atoms with Crippen molar-refractivity contribution >= 4 is 29.9 Å². The largest absolute Gasteiger partial charge is 0.354 e. The highest BCUT2D eigenvalue weighted by Gasteiger charge is 2.39. The minimum Gasteiger partial charge on any atom is -0.354 e. The predicted molar refractivity (Wildman–Crippen MR) is 102 cm³/mol. The van der Waals surface area contributed by atoms with Gasteiger partial charge in [0.05, 0.1) is 0 Å². The molecule has 0 spiro atoms. The maximum Gasteiger partial charge on any atom is 0.191 e. The Hall–Kier alpha value is -0.780. The van der Waals surface area contributed by atoms with Crippen molar-refractivity contribution in [1.29, 1.82) is 0 Å². The Morgan fingerprint density at radius 2 is 1.90 bits per heavy atom. The molecule has 4 heteroatoms. The van der Waals surface area contributed by atoms with Gasteiger partial charge in [-0.1, -0.05) is 44.2 Å². The van der Waals surface area contributed by atoms with Gasteiger partial charge in [-0.2, -0.15) is 0 Å². The summed E-state index contributed by atoms with van der Waals surface area (Å²) in [5.41, 5.74) is 1.43. The molecule has 0 heterocycles. The molecule has 2 rings (SSSR count). The lowest BCUT2D eigenvalue weighted by atomic mass is 10.1. The number of hydrogen-bond acceptors (Lipinski definition) is 1. The van der Waals surface area contributed by atoms with Crippen molar-refractivity contribution in [1.82, 2.24) is 10.6 Å². The lowest BCUT2D eigenvalue weighted by Gasteiger charge is -2.21. The van der Waals surface area contributed by atoms with Crippen LogP contribution in [0.5, 0.6) is 0 Å². The van der Waals surface area contributed by atoms with Crippen molar-refractivity contribution in [3.05, 3.63) is 35.9 Å². The van der Waals surface area contributed by atoms with Crippen LogP contribution in [-0.4, -0.2) is 24.6 Å². The Balaban J connectivity index is 0.00000220. The molecule has 2 N–H and O–H groups in total. The molecule has 1 aromatic rings. The summed E-state index contributed by atoms with van der Waals surface area (Å²) in [6, 6.07) is 11.7. The molecule has 1 aromatic carbocycles. The molecule has 0 saturated heterocycles. The van der Waals surface area contributed by atoms with Crippen LogP contribution >= 0.6 is 24.0 Å². The van der Waals surface area contributed by atoms with Gasteiger partial charge < -0.3 is 10.6 Å². The van der Waals surface area contributed by atoms with Crippen molar-refractivity contribution in [3.8, 4) is 0 Å². The van der Waals surface area contributed by atoms with Crippen molar-refractivity contribution in [2.24, 2.45) is 10.9 Å². The van der Waals surface area contributed by atoms with Crippen molar-refractivity contribution in [2.45, 2.75) is 52.1 Å². The fourth-order valence-electron chi connectivity index (χ4n) is 2.27. The molecular formula is C17H28IN3. The maximum atomic E-state index is 4.55. The number of rotatable bonds is 5. The standard InChI is InChI=1S/C17H27N3.HI/c1-5-18-17(19-13(4)12(2)3)20-16-11-15(16)14-9-7-6-8-10-14;/h6-10,12-13,15-16H,5,11H2,1-4H3,(H2,18,19,20);1H. The fraction of sp³-hybridized carbons (Fsp3) is 0.588. The normalized spacial score (nSPS) is 22.4. The van der Waals surface area contributed by atoms with E-state index in [1.165, 1.54) is 12.0 Å². The first-order valence-corrected chi connectivity index (χ1v) is 7.74. The van der Waals surface area contributed by atoms with Gasteiger partial charge in [0.25, 0.3) is 0 Å². The second-order valence-electron chi connectivity index (χ2n) is 6.00. The Labute approximate surface area is 146 Å². The summed E-state index contributed by atoms with van der Waals surface area (Å²) in [5.74, 6) is 2.19. The van der Waals surface area contributed by atoms with Crippen LogP contribution in [0.2, 0.25) is 0 Å². The van der Waals surface area contributed by atoms with Crippen LogP contribution in [0.25, 0.3) is 0 Å². The summed E-state index contributed by atoms with van der Waals surface area (Å²) >= 11 is 0. The molecule has 118 valence electrons. The molecule has 1 fully saturated rings. The molecule has 1 aliphatic carbocycles. The van der Waals surface area contributed by atoms with Crippen LogP contribution in [0, 0.1) is 5.92 Å². The first kappa shape index (κ1) is 18.3. The first-order chi connectivity index (χ1) is 9.61. The summed E-state index contributed by atoms with van der Waals surface area (Å²) < 4.78 is 0. The molecule has 3 unspecified atom stereocenters. The maximum absolute atomic E-state index is 4.55. The summed E-state index contributed by atoms with van der Waals surface area (Å²) in [6.45, 7) is 9.54. The highest BCUT2D eigenvalue weighted by Crippen LogP contribution is 2.40. The van der Waals surface area contributed by atoms with E-state index >= 15 is 0 Å². The first-order valence-electron chi connectivity index (χ1n) is 7.74. The molecule has 1 aliphatic rings. The molecule has 0 bridgehead atoms. The highest BCUT2D eigenvalue weighted by molar-refractivity contribution is 14.0. The number of guanidine groups is 1. The SMILES string of the molecule is CCN=C(NC(C)C(C)C)NC1CC1c1ccccc1.I. The van der Waals surface area contributed by atoms with Crippen molar-refractivity contribution in [3.63, 3.8) is 0 Å². The van der Waals surface area contributed by atoms with Crippen molar-refractivity contribution < 1.29 is 0 Å².